The van der Waals surface area contributed by atoms with E-state index in [0.29, 0.717) is 13.1 Å². The SMILES string of the molecule is CC1(C(=O)NCc2cc(F)ccc2Br)CCNC1. The van der Waals surface area contributed by atoms with Gasteiger partial charge in [-0.15, -0.1) is 0 Å². The van der Waals surface area contributed by atoms with Crippen LogP contribution >= 0.6 is 15.9 Å². The quantitative estimate of drug-likeness (QED) is 0.898. The highest BCUT2D eigenvalue weighted by Crippen LogP contribution is 2.25. The smallest absolute Gasteiger partial charge is 0.227 e. The Morgan fingerprint density at radius 2 is 2.39 bits per heavy atom. The fraction of sp³-hybridized carbons (Fsp3) is 0.462. The number of amides is 1. The molecule has 3 nitrogen and oxygen atoms in total. The Hall–Kier alpha value is -0.940. The van der Waals surface area contributed by atoms with Gasteiger partial charge in [-0.2, -0.15) is 0 Å². The van der Waals surface area contributed by atoms with E-state index in [1.165, 1.54) is 12.1 Å². The average Bonchev–Trinajstić information content (AvgIpc) is 2.78. The van der Waals surface area contributed by atoms with E-state index in [0.717, 1.165) is 23.0 Å². The van der Waals surface area contributed by atoms with Gasteiger partial charge in [0.25, 0.3) is 0 Å². The molecule has 1 aromatic carbocycles. The van der Waals surface area contributed by atoms with Crippen LogP contribution < -0.4 is 10.6 Å². The molecule has 18 heavy (non-hydrogen) atoms. The molecular formula is C13H16BrFN2O. The largest absolute Gasteiger partial charge is 0.351 e. The maximum atomic E-state index is 13.1. The van der Waals surface area contributed by atoms with E-state index in [1.54, 1.807) is 6.07 Å². The van der Waals surface area contributed by atoms with E-state index < -0.39 is 0 Å². The Bertz CT molecular complexity index is 458. The number of carbonyl (C=O) groups excluding carboxylic acids is 1. The molecule has 0 bridgehead atoms. The number of carbonyl (C=O) groups is 1. The molecule has 0 aliphatic carbocycles. The van der Waals surface area contributed by atoms with Crippen LogP contribution in [0.5, 0.6) is 0 Å². The van der Waals surface area contributed by atoms with E-state index in [1.807, 2.05) is 6.92 Å². The van der Waals surface area contributed by atoms with Gasteiger partial charge in [-0.25, -0.2) is 4.39 Å². The molecule has 98 valence electrons. The molecule has 0 radical (unpaired) electrons. The lowest BCUT2D eigenvalue weighted by atomic mass is 9.89. The van der Waals surface area contributed by atoms with Crippen LogP contribution in [0.2, 0.25) is 0 Å². The van der Waals surface area contributed by atoms with Gasteiger partial charge in [-0.05, 0) is 43.7 Å². The summed E-state index contributed by atoms with van der Waals surface area (Å²) < 4.78 is 13.9. The second-order valence-electron chi connectivity index (χ2n) is 4.91. The second-order valence-corrected chi connectivity index (χ2v) is 5.76. The molecule has 1 aromatic rings. The van der Waals surface area contributed by atoms with Crippen molar-refractivity contribution in [1.29, 1.82) is 0 Å². The molecule has 1 saturated heterocycles. The van der Waals surface area contributed by atoms with Gasteiger partial charge in [0.15, 0.2) is 0 Å². The summed E-state index contributed by atoms with van der Waals surface area (Å²) in [5.41, 5.74) is 0.401. The standard InChI is InChI=1S/C13H16BrFN2O/c1-13(4-5-16-8-13)12(18)17-7-9-6-10(15)2-3-11(9)14/h2-3,6,16H,4-5,7-8H2,1H3,(H,17,18). The molecule has 1 fully saturated rings. The summed E-state index contributed by atoms with van der Waals surface area (Å²) in [6, 6.07) is 4.47. The number of halogens is 2. The second kappa shape index (κ2) is 5.36. The third-order valence-corrected chi connectivity index (χ3v) is 4.14. The van der Waals surface area contributed by atoms with Crippen molar-refractivity contribution < 1.29 is 9.18 Å². The Morgan fingerprint density at radius 3 is 3.06 bits per heavy atom. The van der Waals surface area contributed by atoms with Crippen molar-refractivity contribution in [3.8, 4) is 0 Å². The Kier molecular flexibility index (Phi) is 4.02. The number of rotatable bonds is 3. The number of hydrogen-bond donors (Lipinski definition) is 2. The minimum atomic E-state index is -0.347. The first-order valence-corrected chi connectivity index (χ1v) is 6.73. The summed E-state index contributed by atoms with van der Waals surface area (Å²) in [5, 5.41) is 6.06. The van der Waals surface area contributed by atoms with Crippen molar-refractivity contribution in [2.75, 3.05) is 13.1 Å². The molecule has 1 unspecified atom stereocenters. The zero-order valence-corrected chi connectivity index (χ0v) is 11.8. The lowest BCUT2D eigenvalue weighted by Crippen LogP contribution is -2.40. The Morgan fingerprint density at radius 1 is 1.61 bits per heavy atom. The summed E-state index contributed by atoms with van der Waals surface area (Å²) >= 11 is 3.35. The highest BCUT2D eigenvalue weighted by molar-refractivity contribution is 9.10. The molecule has 1 aliphatic rings. The fourth-order valence-electron chi connectivity index (χ4n) is 2.08. The van der Waals surface area contributed by atoms with E-state index in [2.05, 4.69) is 26.6 Å². The highest BCUT2D eigenvalue weighted by atomic mass is 79.9. The molecule has 1 amide bonds. The lowest BCUT2D eigenvalue weighted by Gasteiger charge is -2.21. The zero-order valence-electron chi connectivity index (χ0n) is 10.2. The maximum Gasteiger partial charge on any atom is 0.227 e. The van der Waals surface area contributed by atoms with Crippen LogP contribution in [0.15, 0.2) is 22.7 Å². The van der Waals surface area contributed by atoms with Crippen LogP contribution in [0.25, 0.3) is 0 Å². The van der Waals surface area contributed by atoms with Gasteiger partial charge in [0.2, 0.25) is 5.91 Å². The molecule has 1 heterocycles. The topological polar surface area (TPSA) is 41.1 Å². The van der Waals surface area contributed by atoms with Crippen molar-refractivity contribution in [3.05, 3.63) is 34.1 Å². The average molecular weight is 315 g/mol. The minimum Gasteiger partial charge on any atom is -0.351 e. The zero-order chi connectivity index (χ0) is 13.2. The summed E-state index contributed by atoms with van der Waals surface area (Å²) in [7, 11) is 0. The van der Waals surface area contributed by atoms with Crippen LogP contribution in [0.1, 0.15) is 18.9 Å². The highest BCUT2D eigenvalue weighted by Gasteiger charge is 2.35. The summed E-state index contributed by atoms with van der Waals surface area (Å²) in [6.45, 7) is 3.85. The summed E-state index contributed by atoms with van der Waals surface area (Å²) in [5.74, 6) is -0.278. The summed E-state index contributed by atoms with van der Waals surface area (Å²) in [6.07, 6.45) is 0.836. The Balaban J connectivity index is 1.99. The molecule has 0 aromatic heterocycles. The first-order chi connectivity index (χ1) is 8.51. The molecule has 0 saturated carbocycles. The third kappa shape index (κ3) is 2.90. The van der Waals surface area contributed by atoms with Crippen LogP contribution in [0.4, 0.5) is 4.39 Å². The normalized spacial score (nSPS) is 23.1. The molecule has 2 N–H and O–H groups in total. The number of benzene rings is 1. The molecule has 1 aliphatic heterocycles. The molecule has 0 spiro atoms. The lowest BCUT2D eigenvalue weighted by molar-refractivity contribution is -0.129. The van der Waals surface area contributed by atoms with Crippen molar-refractivity contribution in [2.24, 2.45) is 5.41 Å². The van der Waals surface area contributed by atoms with Gasteiger partial charge >= 0.3 is 0 Å². The monoisotopic (exact) mass is 314 g/mol. The van der Waals surface area contributed by atoms with Crippen molar-refractivity contribution in [2.45, 2.75) is 19.9 Å². The number of hydrogen-bond acceptors (Lipinski definition) is 2. The molecular weight excluding hydrogens is 299 g/mol. The van der Waals surface area contributed by atoms with E-state index >= 15 is 0 Å². The van der Waals surface area contributed by atoms with Crippen LogP contribution in [0.3, 0.4) is 0 Å². The van der Waals surface area contributed by atoms with Gasteiger partial charge in [-0.3, -0.25) is 4.79 Å². The van der Waals surface area contributed by atoms with Gasteiger partial charge in [0.05, 0.1) is 5.41 Å². The first-order valence-electron chi connectivity index (χ1n) is 5.94. The molecule has 1 atom stereocenters. The van der Waals surface area contributed by atoms with Crippen molar-refractivity contribution in [3.63, 3.8) is 0 Å². The predicted octanol–water partition coefficient (Wildman–Crippen LogP) is 2.20. The third-order valence-electron chi connectivity index (χ3n) is 3.36. The minimum absolute atomic E-state index is 0.0173. The molecule has 5 heteroatoms. The van der Waals surface area contributed by atoms with Gasteiger partial charge in [0.1, 0.15) is 5.82 Å². The van der Waals surface area contributed by atoms with Crippen molar-refractivity contribution >= 4 is 21.8 Å². The van der Waals surface area contributed by atoms with Gasteiger partial charge in [-0.1, -0.05) is 15.9 Å². The van der Waals surface area contributed by atoms with E-state index in [4.69, 9.17) is 0 Å². The predicted molar refractivity (Wildman–Crippen MR) is 71.5 cm³/mol. The van der Waals surface area contributed by atoms with Gasteiger partial charge in [0, 0.05) is 17.6 Å². The van der Waals surface area contributed by atoms with Crippen LogP contribution in [-0.2, 0) is 11.3 Å². The van der Waals surface area contributed by atoms with E-state index in [9.17, 15) is 9.18 Å². The maximum absolute atomic E-state index is 13.1. The number of nitrogens with one attached hydrogen (secondary N) is 2. The fourth-order valence-corrected chi connectivity index (χ4v) is 2.47. The van der Waals surface area contributed by atoms with Crippen LogP contribution in [0, 0.1) is 11.2 Å². The Labute approximate surface area is 114 Å². The van der Waals surface area contributed by atoms with Gasteiger partial charge < -0.3 is 10.6 Å². The van der Waals surface area contributed by atoms with Crippen LogP contribution in [-0.4, -0.2) is 19.0 Å². The first kappa shape index (κ1) is 13.5. The van der Waals surface area contributed by atoms with Crippen molar-refractivity contribution in [1.82, 2.24) is 10.6 Å². The summed E-state index contributed by atoms with van der Waals surface area (Å²) in [4.78, 5) is 12.1. The van der Waals surface area contributed by atoms with E-state index in [-0.39, 0.29) is 17.1 Å². The molecule has 2 rings (SSSR count).